The molecule has 0 saturated heterocycles. The summed E-state index contributed by atoms with van der Waals surface area (Å²) in [4.78, 5) is 12.2. The first kappa shape index (κ1) is 18.0. The Morgan fingerprint density at radius 1 is 1.22 bits per heavy atom. The van der Waals surface area contributed by atoms with Gasteiger partial charge in [0.1, 0.15) is 0 Å². The van der Waals surface area contributed by atoms with E-state index in [4.69, 9.17) is 0 Å². The van der Waals surface area contributed by atoms with E-state index in [2.05, 4.69) is 5.32 Å². The van der Waals surface area contributed by atoms with Crippen molar-refractivity contribution in [3.05, 3.63) is 35.4 Å². The van der Waals surface area contributed by atoms with E-state index in [0.717, 1.165) is 12.3 Å². The fourth-order valence-electron chi connectivity index (χ4n) is 3.28. The molecule has 1 aliphatic carbocycles. The van der Waals surface area contributed by atoms with E-state index in [0.29, 0.717) is 17.7 Å². The van der Waals surface area contributed by atoms with Crippen molar-refractivity contribution in [1.29, 1.82) is 0 Å². The van der Waals surface area contributed by atoms with E-state index in [1.165, 1.54) is 44.8 Å². The Kier molecular flexibility index (Phi) is 6.63. The predicted molar refractivity (Wildman–Crippen MR) is 93.1 cm³/mol. The monoisotopic (exact) mass is 337 g/mol. The third-order valence-corrected chi connectivity index (χ3v) is 5.28. The molecule has 2 rings (SSSR count). The lowest BCUT2D eigenvalue weighted by atomic mass is 9.86. The normalized spacial score (nSPS) is 16.2. The highest BCUT2D eigenvalue weighted by Crippen LogP contribution is 2.26. The minimum atomic E-state index is -3.08. The van der Waals surface area contributed by atoms with Crippen LogP contribution in [0.15, 0.2) is 24.3 Å². The molecule has 0 heterocycles. The molecule has 23 heavy (non-hydrogen) atoms. The molecule has 5 heteroatoms. The highest BCUT2D eigenvalue weighted by Gasteiger charge is 2.13. The van der Waals surface area contributed by atoms with Crippen LogP contribution in [0.2, 0.25) is 0 Å². The summed E-state index contributed by atoms with van der Waals surface area (Å²) in [6.07, 6.45) is 10.1. The average Bonchev–Trinajstić information content (AvgIpc) is 2.51. The van der Waals surface area contributed by atoms with Gasteiger partial charge in [-0.15, -0.1) is 0 Å². The fraction of sp³-hybridized carbons (Fsp3) is 0.611. The lowest BCUT2D eigenvalue weighted by Gasteiger charge is -2.21. The molecule has 0 bridgehead atoms. The molecule has 0 unspecified atom stereocenters. The topological polar surface area (TPSA) is 63.2 Å². The number of nitrogens with one attached hydrogen (secondary N) is 1. The summed E-state index contributed by atoms with van der Waals surface area (Å²) in [6, 6.07) is 6.86. The second-order valence-electron chi connectivity index (χ2n) is 6.67. The van der Waals surface area contributed by atoms with Crippen LogP contribution >= 0.6 is 0 Å². The maximum Gasteiger partial charge on any atom is 0.251 e. The SMILES string of the molecule is CS(=O)(=O)Cc1cccc(C(=O)NCCCC2CCCCC2)c1. The molecule has 1 amide bonds. The molecule has 4 nitrogen and oxygen atoms in total. The Labute approximate surface area is 139 Å². The summed E-state index contributed by atoms with van der Waals surface area (Å²) in [7, 11) is -3.08. The van der Waals surface area contributed by atoms with Crippen LogP contribution in [-0.2, 0) is 15.6 Å². The van der Waals surface area contributed by atoms with Crippen LogP contribution < -0.4 is 5.32 Å². The minimum Gasteiger partial charge on any atom is -0.352 e. The molecule has 0 radical (unpaired) electrons. The molecule has 128 valence electrons. The quantitative estimate of drug-likeness (QED) is 0.776. The minimum absolute atomic E-state index is 0.0319. The van der Waals surface area contributed by atoms with Crippen LogP contribution in [-0.4, -0.2) is 27.1 Å². The maximum absolute atomic E-state index is 12.2. The zero-order chi connectivity index (χ0) is 16.7. The Hall–Kier alpha value is -1.36. The maximum atomic E-state index is 12.2. The van der Waals surface area contributed by atoms with Crippen molar-refractivity contribution in [2.24, 2.45) is 5.92 Å². The summed E-state index contributed by atoms with van der Waals surface area (Å²) >= 11 is 0. The van der Waals surface area contributed by atoms with Gasteiger partial charge in [0.05, 0.1) is 5.75 Å². The summed E-state index contributed by atoms with van der Waals surface area (Å²) in [5.74, 6) is 0.679. The van der Waals surface area contributed by atoms with Gasteiger partial charge in [0.15, 0.2) is 9.84 Å². The van der Waals surface area contributed by atoms with Gasteiger partial charge in [-0.1, -0.05) is 44.2 Å². The summed E-state index contributed by atoms with van der Waals surface area (Å²) < 4.78 is 22.7. The van der Waals surface area contributed by atoms with Crippen LogP contribution in [0, 0.1) is 5.92 Å². The van der Waals surface area contributed by atoms with Crippen molar-refractivity contribution < 1.29 is 13.2 Å². The molecule has 0 atom stereocenters. The van der Waals surface area contributed by atoms with Gasteiger partial charge in [0.25, 0.3) is 5.91 Å². The Balaban J connectivity index is 1.77. The Morgan fingerprint density at radius 3 is 2.65 bits per heavy atom. The molecular weight excluding hydrogens is 310 g/mol. The molecule has 0 aliphatic heterocycles. The van der Waals surface area contributed by atoms with Crippen molar-refractivity contribution >= 4 is 15.7 Å². The van der Waals surface area contributed by atoms with E-state index < -0.39 is 9.84 Å². The van der Waals surface area contributed by atoms with Gasteiger partial charge in [0, 0.05) is 18.4 Å². The van der Waals surface area contributed by atoms with Crippen LogP contribution in [0.3, 0.4) is 0 Å². The number of hydrogen-bond donors (Lipinski definition) is 1. The number of hydrogen-bond acceptors (Lipinski definition) is 3. The van der Waals surface area contributed by atoms with Gasteiger partial charge in [-0.3, -0.25) is 4.79 Å². The molecule has 1 N–H and O–H groups in total. The number of amides is 1. The average molecular weight is 337 g/mol. The molecule has 1 aromatic carbocycles. The van der Waals surface area contributed by atoms with Crippen molar-refractivity contribution in [3.8, 4) is 0 Å². The molecule has 1 fully saturated rings. The molecule has 1 aromatic rings. The van der Waals surface area contributed by atoms with Crippen molar-refractivity contribution in [2.75, 3.05) is 12.8 Å². The first-order chi connectivity index (χ1) is 10.9. The highest BCUT2D eigenvalue weighted by atomic mass is 32.2. The molecule has 0 spiro atoms. The van der Waals surface area contributed by atoms with Gasteiger partial charge in [-0.25, -0.2) is 8.42 Å². The lowest BCUT2D eigenvalue weighted by Crippen LogP contribution is -2.25. The van der Waals surface area contributed by atoms with Gasteiger partial charge >= 0.3 is 0 Å². The molecule has 1 aliphatic rings. The van der Waals surface area contributed by atoms with Crippen LogP contribution in [0.5, 0.6) is 0 Å². The zero-order valence-corrected chi connectivity index (χ0v) is 14.7. The molecule has 1 saturated carbocycles. The summed E-state index contributed by atoms with van der Waals surface area (Å²) in [5.41, 5.74) is 1.19. The Morgan fingerprint density at radius 2 is 1.96 bits per heavy atom. The van der Waals surface area contributed by atoms with Gasteiger partial charge in [-0.2, -0.15) is 0 Å². The van der Waals surface area contributed by atoms with Gasteiger partial charge in [0.2, 0.25) is 0 Å². The fourth-order valence-corrected chi connectivity index (χ4v) is 4.06. The first-order valence-corrected chi connectivity index (χ1v) is 10.5. The van der Waals surface area contributed by atoms with Crippen molar-refractivity contribution in [1.82, 2.24) is 5.32 Å². The largest absolute Gasteiger partial charge is 0.352 e. The smallest absolute Gasteiger partial charge is 0.251 e. The number of rotatable bonds is 7. The van der Waals surface area contributed by atoms with Crippen molar-refractivity contribution in [3.63, 3.8) is 0 Å². The van der Waals surface area contributed by atoms with Crippen molar-refractivity contribution in [2.45, 2.75) is 50.7 Å². The number of sulfone groups is 1. The lowest BCUT2D eigenvalue weighted by molar-refractivity contribution is 0.0952. The van der Waals surface area contributed by atoms with E-state index in [9.17, 15) is 13.2 Å². The first-order valence-electron chi connectivity index (χ1n) is 8.49. The van der Waals surface area contributed by atoms with Gasteiger partial charge in [-0.05, 0) is 36.5 Å². The second kappa shape index (κ2) is 8.48. The number of benzene rings is 1. The second-order valence-corrected chi connectivity index (χ2v) is 8.81. The van der Waals surface area contributed by atoms with Crippen LogP contribution in [0.25, 0.3) is 0 Å². The standard InChI is InChI=1S/C18H27NO3S/c1-23(21,22)14-16-9-5-11-17(13-16)18(20)19-12-6-10-15-7-3-2-4-8-15/h5,9,11,13,15H,2-4,6-8,10,12,14H2,1H3,(H,19,20). The number of carbonyl (C=O) groups is 1. The predicted octanol–water partition coefficient (Wildman–Crippen LogP) is 3.32. The summed E-state index contributed by atoms with van der Waals surface area (Å²) in [5, 5.41) is 2.94. The van der Waals surface area contributed by atoms with Crippen LogP contribution in [0.4, 0.5) is 0 Å². The van der Waals surface area contributed by atoms with E-state index in [1.54, 1.807) is 24.3 Å². The summed E-state index contributed by atoms with van der Waals surface area (Å²) in [6.45, 7) is 0.686. The third kappa shape index (κ3) is 6.73. The van der Waals surface area contributed by atoms with Gasteiger partial charge < -0.3 is 5.32 Å². The van der Waals surface area contributed by atoms with E-state index >= 15 is 0 Å². The Bertz CT molecular complexity index is 619. The zero-order valence-electron chi connectivity index (χ0n) is 13.9. The molecular formula is C18H27NO3S. The number of carbonyl (C=O) groups excluding carboxylic acids is 1. The van der Waals surface area contributed by atoms with E-state index in [-0.39, 0.29) is 11.7 Å². The van der Waals surface area contributed by atoms with Crippen LogP contribution in [0.1, 0.15) is 60.9 Å². The highest BCUT2D eigenvalue weighted by molar-refractivity contribution is 7.89. The van der Waals surface area contributed by atoms with E-state index in [1.807, 2.05) is 0 Å². The third-order valence-electron chi connectivity index (χ3n) is 4.42. The molecule has 0 aromatic heterocycles.